The van der Waals surface area contributed by atoms with Gasteiger partial charge in [-0.1, -0.05) is 23.7 Å². The van der Waals surface area contributed by atoms with E-state index in [1.807, 2.05) is 26.0 Å². The molecule has 0 aliphatic heterocycles. The molecule has 0 aromatic heterocycles. The van der Waals surface area contributed by atoms with Gasteiger partial charge in [0, 0.05) is 23.5 Å². The first-order valence-corrected chi connectivity index (χ1v) is 6.55. The van der Waals surface area contributed by atoms with Crippen molar-refractivity contribution in [3.05, 3.63) is 34.9 Å². The first kappa shape index (κ1) is 14.3. The van der Waals surface area contributed by atoms with E-state index in [2.05, 4.69) is 0 Å². The van der Waals surface area contributed by atoms with Crippen LogP contribution in [0.3, 0.4) is 0 Å². The Morgan fingerprint density at radius 2 is 1.88 bits per heavy atom. The highest BCUT2D eigenvalue weighted by Crippen LogP contribution is 2.11. The lowest BCUT2D eigenvalue weighted by atomic mass is 10.1. The summed E-state index contributed by atoms with van der Waals surface area (Å²) >= 11 is 11.5. The molecular formula is C13H17Cl2NO. The van der Waals surface area contributed by atoms with E-state index in [0.717, 1.165) is 5.56 Å². The molecule has 1 aromatic rings. The molecule has 0 aliphatic rings. The second kappa shape index (κ2) is 6.87. The van der Waals surface area contributed by atoms with E-state index < -0.39 is 0 Å². The van der Waals surface area contributed by atoms with Crippen molar-refractivity contribution in [2.75, 3.05) is 12.4 Å². The molecule has 0 saturated heterocycles. The fourth-order valence-electron chi connectivity index (χ4n) is 1.64. The molecule has 17 heavy (non-hydrogen) atoms. The molecular weight excluding hydrogens is 257 g/mol. The van der Waals surface area contributed by atoms with Crippen molar-refractivity contribution in [3.63, 3.8) is 0 Å². The van der Waals surface area contributed by atoms with Gasteiger partial charge in [-0.05, 0) is 31.5 Å². The Morgan fingerprint density at radius 1 is 1.29 bits per heavy atom. The number of halogens is 2. The molecule has 1 amide bonds. The van der Waals surface area contributed by atoms with Crippen LogP contribution in [0.1, 0.15) is 19.4 Å². The van der Waals surface area contributed by atoms with Gasteiger partial charge in [0.1, 0.15) is 0 Å². The van der Waals surface area contributed by atoms with E-state index in [9.17, 15) is 4.79 Å². The molecule has 0 unspecified atom stereocenters. The van der Waals surface area contributed by atoms with Gasteiger partial charge in [-0.3, -0.25) is 4.79 Å². The number of benzene rings is 1. The van der Waals surface area contributed by atoms with E-state index in [4.69, 9.17) is 23.2 Å². The van der Waals surface area contributed by atoms with Gasteiger partial charge in [-0.2, -0.15) is 0 Å². The summed E-state index contributed by atoms with van der Waals surface area (Å²) in [6.45, 7) is 4.57. The molecule has 0 N–H and O–H groups in total. The molecule has 1 rings (SSSR count). The Labute approximate surface area is 113 Å². The summed E-state index contributed by atoms with van der Waals surface area (Å²) in [5.74, 6) is 0.563. The van der Waals surface area contributed by atoms with Gasteiger partial charge >= 0.3 is 0 Å². The van der Waals surface area contributed by atoms with Crippen molar-refractivity contribution in [2.45, 2.75) is 26.3 Å². The predicted octanol–water partition coefficient (Wildman–Crippen LogP) is 3.36. The monoisotopic (exact) mass is 273 g/mol. The molecule has 0 heterocycles. The lowest BCUT2D eigenvalue weighted by molar-refractivity contribution is -0.131. The number of alkyl halides is 1. The van der Waals surface area contributed by atoms with Gasteiger partial charge < -0.3 is 4.90 Å². The molecule has 0 atom stereocenters. The van der Waals surface area contributed by atoms with Gasteiger partial charge in [0.25, 0.3) is 0 Å². The zero-order valence-corrected chi connectivity index (χ0v) is 11.6. The molecule has 1 aromatic carbocycles. The maximum absolute atomic E-state index is 12.1. The maximum atomic E-state index is 12.1. The first-order chi connectivity index (χ1) is 8.04. The summed E-state index contributed by atoms with van der Waals surface area (Å²) in [7, 11) is 0. The first-order valence-electron chi connectivity index (χ1n) is 5.64. The zero-order chi connectivity index (χ0) is 12.8. The van der Waals surface area contributed by atoms with Crippen LogP contribution in [-0.4, -0.2) is 29.3 Å². The summed E-state index contributed by atoms with van der Waals surface area (Å²) in [5.41, 5.74) is 0.972. The lowest BCUT2D eigenvalue weighted by Crippen LogP contribution is -2.39. The molecule has 0 aliphatic carbocycles. The molecule has 0 fully saturated rings. The molecule has 0 radical (unpaired) electrons. The number of carbonyl (C=O) groups excluding carboxylic acids is 1. The number of rotatable bonds is 5. The smallest absolute Gasteiger partial charge is 0.227 e. The lowest BCUT2D eigenvalue weighted by Gasteiger charge is -2.26. The minimum absolute atomic E-state index is 0.1000. The van der Waals surface area contributed by atoms with Crippen LogP contribution in [-0.2, 0) is 11.2 Å². The zero-order valence-electron chi connectivity index (χ0n) is 10.1. The number of hydrogen-bond acceptors (Lipinski definition) is 1. The van der Waals surface area contributed by atoms with Crippen molar-refractivity contribution in [1.82, 2.24) is 4.90 Å². The minimum Gasteiger partial charge on any atom is -0.339 e. The normalized spacial score (nSPS) is 10.6. The molecule has 2 nitrogen and oxygen atoms in total. The Balaban J connectivity index is 2.66. The Morgan fingerprint density at radius 3 is 2.35 bits per heavy atom. The van der Waals surface area contributed by atoms with Crippen LogP contribution < -0.4 is 0 Å². The summed E-state index contributed by atoms with van der Waals surface area (Å²) in [4.78, 5) is 13.9. The van der Waals surface area contributed by atoms with E-state index in [-0.39, 0.29) is 11.9 Å². The molecule has 94 valence electrons. The largest absolute Gasteiger partial charge is 0.339 e. The van der Waals surface area contributed by atoms with Crippen LogP contribution in [0.5, 0.6) is 0 Å². The minimum atomic E-state index is 0.1000. The number of hydrogen-bond donors (Lipinski definition) is 0. The van der Waals surface area contributed by atoms with Gasteiger partial charge in [0.05, 0.1) is 6.42 Å². The highest BCUT2D eigenvalue weighted by atomic mass is 35.5. The molecule has 0 spiro atoms. The molecule has 0 saturated carbocycles. The quantitative estimate of drug-likeness (QED) is 0.754. The second-order valence-electron chi connectivity index (χ2n) is 4.17. The number of amides is 1. The fourth-order valence-corrected chi connectivity index (χ4v) is 1.95. The van der Waals surface area contributed by atoms with Crippen molar-refractivity contribution < 1.29 is 4.79 Å². The van der Waals surface area contributed by atoms with Crippen LogP contribution in [0.2, 0.25) is 5.02 Å². The number of carbonyl (C=O) groups is 1. The fraction of sp³-hybridized carbons (Fsp3) is 0.462. The van der Waals surface area contributed by atoms with Gasteiger partial charge in [-0.25, -0.2) is 0 Å². The predicted molar refractivity (Wildman–Crippen MR) is 72.7 cm³/mol. The standard InChI is InChI=1S/C13H17Cl2NO/c1-10(2)16(8-7-14)13(17)9-11-3-5-12(15)6-4-11/h3-6,10H,7-9H2,1-2H3. The van der Waals surface area contributed by atoms with Crippen molar-refractivity contribution in [3.8, 4) is 0 Å². The highest BCUT2D eigenvalue weighted by molar-refractivity contribution is 6.30. The van der Waals surface area contributed by atoms with Crippen molar-refractivity contribution >= 4 is 29.1 Å². The van der Waals surface area contributed by atoms with E-state index in [1.54, 1.807) is 17.0 Å². The van der Waals surface area contributed by atoms with Crippen molar-refractivity contribution in [1.29, 1.82) is 0 Å². The van der Waals surface area contributed by atoms with Crippen LogP contribution >= 0.6 is 23.2 Å². The van der Waals surface area contributed by atoms with Crippen LogP contribution in [0, 0.1) is 0 Å². The maximum Gasteiger partial charge on any atom is 0.227 e. The molecule has 0 bridgehead atoms. The SMILES string of the molecule is CC(C)N(CCCl)C(=O)Cc1ccc(Cl)cc1. The van der Waals surface area contributed by atoms with Gasteiger partial charge in [-0.15, -0.1) is 11.6 Å². The third kappa shape index (κ3) is 4.57. The Kier molecular flexibility index (Phi) is 5.79. The van der Waals surface area contributed by atoms with Gasteiger partial charge in [0.15, 0.2) is 0 Å². The Hall–Kier alpha value is -0.730. The third-order valence-corrected chi connectivity index (χ3v) is 2.96. The van der Waals surface area contributed by atoms with Crippen LogP contribution in [0.25, 0.3) is 0 Å². The van der Waals surface area contributed by atoms with Crippen LogP contribution in [0.15, 0.2) is 24.3 Å². The topological polar surface area (TPSA) is 20.3 Å². The van der Waals surface area contributed by atoms with E-state index in [0.29, 0.717) is 23.9 Å². The average molecular weight is 274 g/mol. The van der Waals surface area contributed by atoms with Crippen LogP contribution in [0.4, 0.5) is 0 Å². The summed E-state index contributed by atoms with van der Waals surface area (Å²) in [5, 5.41) is 0.683. The van der Waals surface area contributed by atoms with E-state index in [1.165, 1.54) is 0 Å². The number of nitrogens with zero attached hydrogens (tertiary/aromatic N) is 1. The average Bonchev–Trinajstić information content (AvgIpc) is 2.28. The summed E-state index contributed by atoms with van der Waals surface area (Å²) < 4.78 is 0. The highest BCUT2D eigenvalue weighted by Gasteiger charge is 2.16. The van der Waals surface area contributed by atoms with Gasteiger partial charge in [0.2, 0.25) is 5.91 Å². The third-order valence-electron chi connectivity index (χ3n) is 2.54. The summed E-state index contributed by atoms with van der Waals surface area (Å²) in [6.07, 6.45) is 0.395. The van der Waals surface area contributed by atoms with E-state index >= 15 is 0 Å². The Bertz CT molecular complexity index is 362. The van der Waals surface area contributed by atoms with Crippen molar-refractivity contribution in [2.24, 2.45) is 0 Å². The summed E-state index contributed by atoms with van der Waals surface area (Å²) in [6, 6.07) is 7.52. The second-order valence-corrected chi connectivity index (χ2v) is 4.99. The molecule has 4 heteroatoms.